The number of phenols is 1. The highest BCUT2D eigenvalue weighted by atomic mass is 127. The summed E-state index contributed by atoms with van der Waals surface area (Å²) < 4.78 is 10.5. The van der Waals surface area contributed by atoms with Gasteiger partial charge in [-0.25, -0.2) is 0 Å². The van der Waals surface area contributed by atoms with Crippen molar-refractivity contribution in [2.45, 2.75) is 26.3 Å². The average molecular weight is 492 g/mol. The van der Waals surface area contributed by atoms with E-state index in [4.69, 9.17) is 14.5 Å². The van der Waals surface area contributed by atoms with Crippen molar-refractivity contribution in [3.8, 4) is 11.5 Å². The summed E-state index contributed by atoms with van der Waals surface area (Å²) in [4.78, 5) is 7.11. The number of morpholine rings is 1. The van der Waals surface area contributed by atoms with Gasteiger partial charge in [0, 0.05) is 38.3 Å². The fourth-order valence-electron chi connectivity index (χ4n) is 2.90. The van der Waals surface area contributed by atoms with Crippen molar-refractivity contribution in [3.63, 3.8) is 0 Å². The van der Waals surface area contributed by atoms with Crippen LogP contribution in [0.1, 0.15) is 19.4 Å². The van der Waals surface area contributed by atoms with Crippen LogP contribution in [-0.4, -0.2) is 75.1 Å². The molecule has 0 spiro atoms. The van der Waals surface area contributed by atoms with Crippen molar-refractivity contribution in [2.24, 2.45) is 4.99 Å². The van der Waals surface area contributed by atoms with E-state index in [1.165, 1.54) is 0 Å². The first-order valence-corrected chi connectivity index (χ1v) is 9.34. The second-order valence-corrected chi connectivity index (χ2v) is 6.39. The normalized spacial score (nSPS) is 16.3. The number of halogens is 1. The molecule has 1 aliphatic rings. The second kappa shape index (κ2) is 13.0. The number of nitrogens with one attached hydrogen (secondary N) is 2. The summed E-state index contributed by atoms with van der Waals surface area (Å²) in [5.41, 5.74) is 0.885. The summed E-state index contributed by atoms with van der Waals surface area (Å²) in [5.74, 6) is 1.72. The summed E-state index contributed by atoms with van der Waals surface area (Å²) in [6, 6.07) is 5.78. The Labute approximate surface area is 179 Å². The van der Waals surface area contributed by atoms with Gasteiger partial charge < -0.3 is 25.2 Å². The zero-order valence-corrected chi connectivity index (χ0v) is 18.9. The number of aromatic hydroxyl groups is 1. The Hall–Kier alpha value is -1.26. The summed E-state index contributed by atoms with van der Waals surface area (Å²) in [6.07, 6.45) is 0.708. The lowest BCUT2D eigenvalue weighted by Crippen LogP contribution is -2.44. The van der Waals surface area contributed by atoms with Crippen LogP contribution >= 0.6 is 24.0 Å². The molecule has 0 aliphatic carbocycles. The topological polar surface area (TPSA) is 78.4 Å². The largest absolute Gasteiger partial charge is 0.508 e. The quantitative estimate of drug-likeness (QED) is 0.292. The van der Waals surface area contributed by atoms with Crippen molar-refractivity contribution in [1.82, 2.24) is 15.5 Å². The monoisotopic (exact) mass is 492 g/mol. The van der Waals surface area contributed by atoms with Crippen molar-refractivity contribution in [2.75, 3.05) is 53.0 Å². The molecule has 0 aromatic heterocycles. The fraction of sp³-hybridized carbons (Fsp3) is 0.632. The number of nitrogens with zero attached hydrogens (tertiary/aromatic N) is 2. The Balaban J connectivity index is 0.00000364. The maximum atomic E-state index is 10.0. The van der Waals surface area contributed by atoms with Crippen LogP contribution in [0.4, 0.5) is 0 Å². The average Bonchev–Trinajstić information content (AvgIpc) is 2.67. The molecule has 1 saturated heterocycles. The smallest absolute Gasteiger partial charge is 0.191 e. The van der Waals surface area contributed by atoms with Gasteiger partial charge in [0.05, 0.1) is 26.9 Å². The van der Waals surface area contributed by atoms with E-state index in [0.29, 0.717) is 24.8 Å². The minimum Gasteiger partial charge on any atom is -0.508 e. The van der Waals surface area contributed by atoms with Crippen molar-refractivity contribution in [1.29, 1.82) is 0 Å². The molecule has 0 amide bonds. The van der Waals surface area contributed by atoms with Gasteiger partial charge in [0.15, 0.2) is 5.96 Å². The van der Waals surface area contributed by atoms with E-state index in [0.717, 1.165) is 50.9 Å². The third-order valence-electron chi connectivity index (χ3n) is 4.51. The lowest BCUT2D eigenvalue weighted by atomic mass is 10.1. The number of aliphatic imine (C=N–C) groups is 1. The lowest BCUT2D eigenvalue weighted by Gasteiger charge is -2.31. The highest BCUT2D eigenvalue weighted by Gasteiger charge is 2.16. The van der Waals surface area contributed by atoms with E-state index in [2.05, 4.69) is 29.4 Å². The zero-order chi connectivity index (χ0) is 18.8. The number of benzene rings is 1. The summed E-state index contributed by atoms with van der Waals surface area (Å²) in [7, 11) is 1.59. The number of hydrogen-bond acceptors (Lipinski definition) is 5. The molecule has 1 aliphatic heterocycles. The van der Waals surface area contributed by atoms with Crippen LogP contribution < -0.4 is 15.4 Å². The summed E-state index contributed by atoms with van der Waals surface area (Å²) >= 11 is 0. The van der Waals surface area contributed by atoms with Gasteiger partial charge >= 0.3 is 0 Å². The van der Waals surface area contributed by atoms with Gasteiger partial charge in [-0.2, -0.15) is 0 Å². The van der Waals surface area contributed by atoms with Crippen LogP contribution in [0.15, 0.2) is 23.2 Å². The van der Waals surface area contributed by atoms with Gasteiger partial charge in [-0.05, 0) is 31.9 Å². The van der Waals surface area contributed by atoms with Crippen LogP contribution in [0.5, 0.6) is 11.5 Å². The molecule has 1 aromatic rings. The maximum absolute atomic E-state index is 10.0. The predicted molar refractivity (Wildman–Crippen MR) is 120 cm³/mol. The summed E-state index contributed by atoms with van der Waals surface area (Å²) in [6.45, 7) is 10.0. The van der Waals surface area contributed by atoms with Gasteiger partial charge in [0.1, 0.15) is 11.5 Å². The number of phenolic OH excluding ortho intramolecular Hbond substituents is 1. The molecule has 1 fully saturated rings. The lowest BCUT2D eigenvalue weighted by molar-refractivity contribution is 0.0220. The first kappa shape index (κ1) is 23.8. The van der Waals surface area contributed by atoms with Gasteiger partial charge in [0.2, 0.25) is 0 Å². The van der Waals surface area contributed by atoms with Crippen LogP contribution in [0, 0.1) is 0 Å². The molecular weight excluding hydrogens is 459 g/mol. The zero-order valence-electron chi connectivity index (χ0n) is 16.5. The molecule has 0 saturated carbocycles. The molecule has 1 heterocycles. The first-order chi connectivity index (χ1) is 12.6. The molecule has 154 valence electrons. The fourth-order valence-corrected chi connectivity index (χ4v) is 2.90. The Morgan fingerprint density at radius 2 is 2.07 bits per heavy atom. The summed E-state index contributed by atoms with van der Waals surface area (Å²) in [5, 5.41) is 16.7. The van der Waals surface area contributed by atoms with Crippen molar-refractivity contribution >= 4 is 29.9 Å². The van der Waals surface area contributed by atoms with Gasteiger partial charge in [-0.15, -0.1) is 24.0 Å². The van der Waals surface area contributed by atoms with Gasteiger partial charge in [-0.1, -0.05) is 6.07 Å². The van der Waals surface area contributed by atoms with Crippen LogP contribution in [0.2, 0.25) is 0 Å². The molecule has 1 aromatic carbocycles. The second-order valence-electron chi connectivity index (χ2n) is 6.39. The Morgan fingerprint density at radius 3 is 2.70 bits per heavy atom. The third-order valence-corrected chi connectivity index (χ3v) is 4.51. The van der Waals surface area contributed by atoms with Crippen molar-refractivity contribution in [3.05, 3.63) is 23.8 Å². The molecule has 0 bridgehead atoms. The highest BCUT2D eigenvalue weighted by Crippen LogP contribution is 2.23. The molecule has 0 radical (unpaired) electrons. The first-order valence-electron chi connectivity index (χ1n) is 9.34. The minimum atomic E-state index is 0. The van der Waals surface area contributed by atoms with E-state index < -0.39 is 0 Å². The van der Waals surface area contributed by atoms with Crippen molar-refractivity contribution < 1.29 is 14.6 Å². The molecule has 2 rings (SSSR count). The van der Waals surface area contributed by atoms with Gasteiger partial charge in [-0.3, -0.25) is 9.89 Å². The Kier molecular flexibility index (Phi) is 11.5. The number of guanidine groups is 1. The SMILES string of the molecule is CCNC(=NCC(C)N1CCOCC1)NCCc1ccc(OC)cc1O.I. The third kappa shape index (κ3) is 8.10. The van der Waals surface area contributed by atoms with Crippen LogP contribution in [0.3, 0.4) is 0 Å². The highest BCUT2D eigenvalue weighted by molar-refractivity contribution is 14.0. The molecule has 27 heavy (non-hydrogen) atoms. The molecule has 1 atom stereocenters. The van der Waals surface area contributed by atoms with Crippen LogP contribution in [0.25, 0.3) is 0 Å². The number of hydrogen-bond donors (Lipinski definition) is 3. The standard InChI is InChI=1S/C19H32N4O3.HI/c1-4-20-19(22-14-15(2)23-9-11-26-12-10-23)21-8-7-16-5-6-17(25-3)13-18(16)24;/h5-6,13,15,24H,4,7-12,14H2,1-3H3,(H2,20,21,22);1H. The molecule has 8 heteroatoms. The molecule has 7 nitrogen and oxygen atoms in total. The Morgan fingerprint density at radius 1 is 1.33 bits per heavy atom. The van der Waals surface area contributed by atoms with E-state index in [1.807, 2.05) is 12.1 Å². The van der Waals surface area contributed by atoms with E-state index in [1.54, 1.807) is 13.2 Å². The van der Waals surface area contributed by atoms with E-state index in [9.17, 15) is 5.11 Å². The number of methoxy groups -OCH3 is 1. The Bertz CT molecular complexity index is 580. The number of rotatable bonds is 8. The van der Waals surface area contributed by atoms with E-state index in [-0.39, 0.29) is 29.7 Å². The maximum Gasteiger partial charge on any atom is 0.191 e. The van der Waals surface area contributed by atoms with E-state index >= 15 is 0 Å². The molecule has 1 unspecified atom stereocenters. The number of ether oxygens (including phenoxy) is 2. The predicted octanol–water partition coefficient (Wildman–Crippen LogP) is 1.84. The minimum absolute atomic E-state index is 0. The van der Waals surface area contributed by atoms with Crippen LogP contribution in [-0.2, 0) is 11.2 Å². The van der Waals surface area contributed by atoms with Gasteiger partial charge in [0.25, 0.3) is 0 Å². The molecule has 3 N–H and O–H groups in total. The molecular formula is C19H33IN4O3.